The van der Waals surface area contributed by atoms with Crippen molar-refractivity contribution < 1.29 is 14.4 Å². The molecule has 2 fully saturated rings. The fourth-order valence-corrected chi connectivity index (χ4v) is 3.71. The van der Waals surface area contributed by atoms with Gasteiger partial charge < -0.3 is 0 Å². The quantitative estimate of drug-likeness (QED) is 0.792. The average Bonchev–Trinajstić information content (AvgIpc) is 3.13. The Labute approximate surface area is 150 Å². The first-order chi connectivity index (χ1) is 12.1. The van der Waals surface area contributed by atoms with Gasteiger partial charge in [0.1, 0.15) is 5.92 Å². The number of nitrogens with zero attached hydrogens (tertiary/aromatic N) is 2. The second-order valence-electron chi connectivity index (χ2n) is 6.13. The predicted octanol–water partition coefficient (Wildman–Crippen LogP) is 3.21. The Morgan fingerprint density at radius 2 is 1.68 bits per heavy atom. The summed E-state index contributed by atoms with van der Waals surface area (Å²) >= 11 is 5.98. The van der Waals surface area contributed by atoms with Crippen LogP contribution in [0, 0.1) is 5.92 Å². The van der Waals surface area contributed by atoms with Crippen LogP contribution in [0.4, 0.5) is 5.69 Å². The van der Waals surface area contributed by atoms with E-state index in [4.69, 9.17) is 16.4 Å². The molecule has 6 heteroatoms. The van der Waals surface area contributed by atoms with Crippen LogP contribution in [0.3, 0.4) is 0 Å². The lowest BCUT2D eigenvalue weighted by Crippen LogP contribution is -2.37. The molecule has 0 aromatic heterocycles. The van der Waals surface area contributed by atoms with Crippen LogP contribution in [0.5, 0.6) is 0 Å². The van der Waals surface area contributed by atoms with Gasteiger partial charge in [-0.1, -0.05) is 41.9 Å². The topological polar surface area (TPSA) is 49.9 Å². The van der Waals surface area contributed by atoms with Crippen molar-refractivity contribution in [3.63, 3.8) is 0 Å². The Balaban J connectivity index is 1.79. The largest absolute Gasteiger partial charge is 0.280 e. The number of likely N-dealkylation sites (N-methyl/N-ethyl adjacent to an activating group) is 1. The zero-order chi connectivity index (χ0) is 17.6. The molecule has 3 atom stereocenters. The molecule has 2 aromatic carbocycles. The molecule has 0 spiro atoms. The SMILES string of the molecule is CCN1C(=O)C2ON(c3ccc(Cl)cc3)C(c3ccccc3)C2C1=O. The molecule has 2 amide bonds. The molecule has 4 rings (SSSR count). The number of halogens is 1. The highest BCUT2D eigenvalue weighted by atomic mass is 35.5. The van der Waals surface area contributed by atoms with Crippen LogP contribution < -0.4 is 5.06 Å². The molecule has 0 aliphatic carbocycles. The Hall–Kier alpha value is -2.37. The zero-order valence-corrected chi connectivity index (χ0v) is 14.4. The second kappa shape index (κ2) is 6.17. The number of carbonyl (C=O) groups excluding carboxylic acids is 2. The van der Waals surface area contributed by atoms with Gasteiger partial charge in [-0.05, 0) is 36.8 Å². The van der Waals surface area contributed by atoms with Crippen LogP contribution in [0.25, 0.3) is 0 Å². The van der Waals surface area contributed by atoms with Crippen molar-refractivity contribution in [1.29, 1.82) is 0 Å². The van der Waals surface area contributed by atoms with Gasteiger partial charge >= 0.3 is 0 Å². The van der Waals surface area contributed by atoms with E-state index in [0.29, 0.717) is 11.6 Å². The lowest BCUT2D eigenvalue weighted by Gasteiger charge is -2.28. The van der Waals surface area contributed by atoms with E-state index in [-0.39, 0.29) is 17.9 Å². The summed E-state index contributed by atoms with van der Waals surface area (Å²) in [5.74, 6) is -0.997. The van der Waals surface area contributed by atoms with Crippen molar-refractivity contribution >= 4 is 29.1 Å². The summed E-state index contributed by atoms with van der Waals surface area (Å²) in [6.45, 7) is 2.15. The number of imide groups is 1. The summed E-state index contributed by atoms with van der Waals surface area (Å²) in [6.07, 6.45) is -0.784. The monoisotopic (exact) mass is 356 g/mol. The highest BCUT2D eigenvalue weighted by Gasteiger charge is 2.59. The predicted molar refractivity (Wildman–Crippen MR) is 93.9 cm³/mol. The first kappa shape index (κ1) is 16.1. The van der Waals surface area contributed by atoms with E-state index >= 15 is 0 Å². The van der Waals surface area contributed by atoms with E-state index in [9.17, 15) is 9.59 Å². The summed E-state index contributed by atoms with van der Waals surface area (Å²) in [6, 6.07) is 16.5. The highest BCUT2D eigenvalue weighted by Crippen LogP contribution is 2.46. The third-order valence-electron chi connectivity index (χ3n) is 4.75. The van der Waals surface area contributed by atoms with Gasteiger partial charge in [0.05, 0.1) is 11.7 Å². The van der Waals surface area contributed by atoms with E-state index in [1.165, 1.54) is 4.90 Å². The molecule has 25 heavy (non-hydrogen) atoms. The maximum Gasteiger partial charge on any atom is 0.261 e. The summed E-state index contributed by atoms with van der Waals surface area (Å²) in [7, 11) is 0. The Morgan fingerprint density at radius 1 is 1.00 bits per heavy atom. The van der Waals surface area contributed by atoms with Crippen molar-refractivity contribution in [2.45, 2.75) is 19.1 Å². The molecule has 0 bridgehead atoms. The average molecular weight is 357 g/mol. The molecular weight excluding hydrogens is 340 g/mol. The van der Waals surface area contributed by atoms with Crippen LogP contribution in [-0.2, 0) is 14.4 Å². The normalized spacial score (nSPS) is 25.6. The van der Waals surface area contributed by atoms with Gasteiger partial charge in [0.25, 0.3) is 5.91 Å². The molecule has 2 aliphatic heterocycles. The summed E-state index contributed by atoms with van der Waals surface area (Å²) in [4.78, 5) is 32.6. The van der Waals surface area contributed by atoms with Gasteiger partial charge in [0.2, 0.25) is 5.91 Å². The lowest BCUT2D eigenvalue weighted by atomic mass is 9.90. The van der Waals surface area contributed by atoms with Gasteiger partial charge in [0.15, 0.2) is 6.10 Å². The van der Waals surface area contributed by atoms with Gasteiger partial charge in [-0.3, -0.25) is 19.3 Å². The molecule has 2 aliphatic rings. The minimum Gasteiger partial charge on any atom is -0.280 e. The van der Waals surface area contributed by atoms with E-state index in [0.717, 1.165) is 11.3 Å². The Morgan fingerprint density at radius 3 is 2.32 bits per heavy atom. The molecule has 0 radical (unpaired) electrons. The molecule has 2 heterocycles. The van der Waals surface area contributed by atoms with Crippen molar-refractivity contribution in [3.05, 3.63) is 65.2 Å². The van der Waals surface area contributed by atoms with Crippen molar-refractivity contribution in [2.24, 2.45) is 5.92 Å². The first-order valence-electron chi connectivity index (χ1n) is 8.23. The van der Waals surface area contributed by atoms with Gasteiger partial charge in [-0.2, -0.15) is 0 Å². The molecule has 2 aromatic rings. The number of anilines is 1. The summed E-state index contributed by atoms with van der Waals surface area (Å²) in [5.41, 5.74) is 1.69. The standard InChI is InChI=1S/C19H17ClN2O3/c1-2-21-18(23)15-16(12-6-4-3-5-7-12)22(25-17(15)19(21)24)14-10-8-13(20)9-11-14/h3-11,15-17H,2H2,1H3. The van der Waals surface area contributed by atoms with Crippen LogP contribution in [0.1, 0.15) is 18.5 Å². The molecular formula is C19H17ClN2O3. The molecule has 0 N–H and O–H groups in total. The van der Waals surface area contributed by atoms with Gasteiger partial charge in [-0.25, -0.2) is 5.06 Å². The van der Waals surface area contributed by atoms with E-state index in [2.05, 4.69) is 0 Å². The number of likely N-dealkylation sites (tertiary alicyclic amines) is 1. The third-order valence-corrected chi connectivity index (χ3v) is 5.00. The lowest BCUT2D eigenvalue weighted by molar-refractivity contribution is -0.142. The smallest absolute Gasteiger partial charge is 0.261 e. The first-order valence-corrected chi connectivity index (χ1v) is 8.61. The number of benzene rings is 2. The van der Waals surface area contributed by atoms with Crippen molar-refractivity contribution in [3.8, 4) is 0 Å². The van der Waals surface area contributed by atoms with Crippen LogP contribution >= 0.6 is 11.6 Å². The second-order valence-corrected chi connectivity index (χ2v) is 6.57. The number of fused-ring (bicyclic) bond motifs is 1. The minimum absolute atomic E-state index is 0.178. The van der Waals surface area contributed by atoms with E-state index < -0.39 is 12.0 Å². The fourth-order valence-electron chi connectivity index (χ4n) is 3.58. The number of hydrogen-bond acceptors (Lipinski definition) is 4. The minimum atomic E-state index is -0.784. The summed E-state index contributed by atoms with van der Waals surface area (Å²) < 4.78 is 0. The van der Waals surface area contributed by atoms with Crippen molar-refractivity contribution in [1.82, 2.24) is 4.90 Å². The fraction of sp³-hybridized carbons (Fsp3) is 0.263. The number of amides is 2. The molecule has 128 valence electrons. The maximum absolute atomic E-state index is 12.8. The van der Waals surface area contributed by atoms with Gasteiger partial charge in [0, 0.05) is 11.6 Å². The van der Waals surface area contributed by atoms with Crippen LogP contribution in [-0.4, -0.2) is 29.4 Å². The number of hydroxylamine groups is 1. The summed E-state index contributed by atoms with van der Waals surface area (Å²) in [5, 5.41) is 2.28. The van der Waals surface area contributed by atoms with E-state index in [1.54, 1.807) is 24.1 Å². The Kier molecular flexibility index (Phi) is 3.98. The number of hydrogen-bond donors (Lipinski definition) is 0. The molecule has 5 nitrogen and oxygen atoms in total. The van der Waals surface area contributed by atoms with Crippen LogP contribution in [0.2, 0.25) is 5.02 Å². The number of carbonyl (C=O) groups is 2. The molecule has 2 saturated heterocycles. The van der Waals surface area contributed by atoms with Crippen molar-refractivity contribution in [2.75, 3.05) is 11.6 Å². The molecule has 3 unspecified atom stereocenters. The molecule has 0 saturated carbocycles. The van der Waals surface area contributed by atoms with Gasteiger partial charge in [-0.15, -0.1) is 0 Å². The Bertz CT molecular complexity index is 809. The maximum atomic E-state index is 12.8. The van der Waals surface area contributed by atoms with Crippen LogP contribution in [0.15, 0.2) is 54.6 Å². The highest BCUT2D eigenvalue weighted by molar-refractivity contribution is 6.30. The third kappa shape index (κ3) is 2.51. The zero-order valence-electron chi connectivity index (χ0n) is 13.6. The number of rotatable bonds is 3. The van der Waals surface area contributed by atoms with E-state index in [1.807, 2.05) is 42.5 Å².